The van der Waals surface area contributed by atoms with Crippen LogP contribution < -0.4 is 4.83 Å². The van der Waals surface area contributed by atoms with Gasteiger partial charge in [-0.25, -0.2) is 13.4 Å². The average molecular weight is 283 g/mol. The van der Waals surface area contributed by atoms with Gasteiger partial charge in [-0.1, -0.05) is 38.8 Å². The van der Waals surface area contributed by atoms with Gasteiger partial charge in [-0.05, 0) is 31.0 Å². The number of nitrogens with zero attached hydrogens (tertiary/aromatic N) is 1. The monoisotopic (exact) mass is 283 g/mol. The number of sulfonamides is 1. The summed E-state index contributed by atoms with van der Waals surface area (Å²) >= 11 is 0. The minimum absolute atomic E-state index is 0.282. The first-order chi connectivity index (χ1) is 9.10. The molecule has 0 unspecified atom stereocenters. The van der Waals surface area contributed by atoms with Crippen molar-refractivity contribution in [2.45, 2.75) is 44.4 Å². The Morgan fingerprint density at radius 2 is 1.63 bits per heavy atom. The molecule has 0 heterocycles. The first-order valence-corrected chi connectivity index (χ1v) is 8.32. The zero-order valence-corrected chi connectivity index (χ0v) is 12.5. The Bertz CT molecular complexity index is 438. The maximum Gasteiger partial charge on any atom is 0.253 e. The van der Waals surface area contributed by atoms with E-state index in [0.29, 0.717) is 0 Å². The summed E-state index contributed by atoms with van der Waals surface area (Å²) in [5.41, 5.74) is 0. The van der Waals surface area contributed by atoms with Crippen LogP contribution in [0.25, 0.3) is 0 Å². The molecule has 0 atom stereocenters. The number of hydrogen-bond acceptors (Lipinski definition) is 3. The third-order valence-corrected chi connectivity index (χ3v) is 4.20. The molecule has 0 aliphatic carbocycles. The molecule has 1 aromatic rings. The van der Waals surface area contributed by atoms with Gasteiger partial charge in [-0.15, -0.1) is 4.83 Å². The van der Waals surface area contributed by atoms with Gasteiger partial charge in [0.1, 0.15) is 0 Å². The minimum Gasteiger partial charge on any atom is -0.230 e. The van der Waals surface area contributed by atoms with Crippen LogP contribution in [0.2, 0.25) is 0 Å². The van der Waals surface area contributed by atoms with Crippen molar-refractivity contribution in [2.75, 3.05) is 13.1 Å². The molecule has 0 aliphatic rings. The molecule has 0 amide bonds. The molecule has 0 aliphatic heterocycles. The van der Waals surface area contributed by atoms with Gasteiger partial charge in [0.05, 0.1) is 4.90 Å². The van der Waals surface area contributed by atoms with E-state index in [9.17, 15) is 8.42 Å². The minimum atomic E-state index is -3.46. The van der Waals surface area contributed by atoms with Gasteiger partial charge in [-0.2, -0.15) is 0 Å². The first kappa shape index (κ1) is 16.1. The lowest BCUT2D eigenvalue weighted by atomic mass is 10.3. The van der Waals surface area contributed by atoms with Gasteiger partial charge < -0.3 is 0 Å². The van der Waals surface area contributed by atoms with Gasteiger partial charge in [0, 0.05) is 13.1 Å². The fourth-order valence-electron chi connectivity index (χ4n) is 1.67. The number of benzene rings is 1. The molecule has 0 bridgehead atoms. The fraction of sp³-hybridized carbons (Fsp3) is 0.571. The quantitative estimate of drug-likeness (QED) is 0.709. The van der Waals surface area contributed by atoms with Crippen LogP contribution in [0.5, 0.6) is 0 Å². The molecule has 1 aromatic carbocycles. The van der Waals surface area contributed by atoms with E-state index in [1.54, 1.807) is 29.3 Å². The normalized spacial score (nSPS) is 11.9. The molecular weight excluding hydrogens is 260 g/mol. The molecule has 0 saturated heterocycles. The van der Waals surface area contributed by atoms with Crippen molar-refractivity contribution in [3.05, 3.63) is 30.3 Å². The largest absolute Gasteiger partial charge is 0.253 e. The zero-order chi connectivity index (χ0) is 14.1. The Hall–Kier alpha value is -0.910. The number of unbranched alkanes of at least 4 members (excludes halogenated alkanes) is 2. The molecule has 1 N–H and O–H groups in total. The maximum atomic E-state index is 12.2. The number of hydrogen-bond donors (Lipinski definition) is 1. The van der Waals surface area contributed by atoms with E-state index in [4.69, 9.17) is 0 Å². The highest BCUT2D eigenvalue weighted by Gasteiger charge is 2.17. The number of hydrazine groups is 1. The Morgan fingerprint density at radius 1 is 1.11 bits per heavy atom. The average Bonchev–Trinajstić information content (AvgIpc) is 2.42. The molecule has 107 valence electrons. The van der Waals surface area contributed by atoms with E-state index in [1.807, 2.05) is 0 Å². The predicted octanol–water partition coefficient (Wildman–Crippen LogP) is 2.58. The van der Waals surface area contributed by atoms with Crippen LogP contribution in [0.3, 0.4) is 0 Å². The van der Waals surface area contributed by atoms with Crippen molar-refractivity contribution < 1.29 is 8.42 Å². The summed E-state index contributed by atoms with van der Waals surface area (Å²) in [6.07, 6.45) is 4.05. The Labute approximate surface area is 116 Å². The van der Waals surface area contributed by atoms with Crippen molar-refractivity contribution in [3.8, 4) is 0 Å². The SMILES string of the molecule is CCCCN(CCCC)NS(=O)(=O)c1cc[c]cc1. The topological polar surface area (TPSA) is 49.4 Å². The number of rotatable bonds is 9. The molecular formula is C14H23N2O2S. The molecule has 5 heteroatoms. The molecule has 0 saturated carbocycles. The Balaban J connectivity index is 2.71. The summed E-state index contributed by atoms with van der Waals surface area (Å²) in [4.78, 5) is 2.95. The van der Waals surface area contributed by atoms with Gasteiger partial charge in [0.25, 0.3) is 10.0 Å². The Kier molecular flexibility index (Phi) is 7.05. The van der Waals surface area contributed by atoms with Crippen LogP contribution in [-0.4, -0.2) is 26.5 Å². The summed E-state index contributed by atoms with van der Waals surface area (Å²) in [6.45, 7) is 5.68. The molecule has 1 radical (unpaired) electrons. The lowest BCUT2D eigenvalue weighted by Gasteiger charge is -2.22. The number of nitrogens with one attached hydrogen (secondary N) is 1. The second kappa shape index (κ2) is 8.30. The van der Waals surface area contributed by atoms with E-state index in [2.05, 4.69) is 24.7 Å². The predicted molar refractivity (Wildman–Crippen MR) is 77.0 cm³/mol. The van der Waals surface area contributed by atoms with Crippen molar-refractivity contribution in [1.29, 1.82) is 0 Å². The highest BCUT2D eigenvalue weighted by Crippen LogP contribution is 2.08. The highest BCUT2D eigenvalue weighted by molar-refractivity contribution is 7.89. The lowest BCUT2D eigenvalue weighted by Crippen LogP contribution is -2.43. The zero-order valence-electron chi connectivity index (χ0n) is 11.7. The molecule has 0 fully saturated rings. The molecule has 0 aromatic heterocycles. The van der Waals surface area contributed by atoms with Crippen LogP contribution in [0, 0.1) is 6.07 Å². The van der Waals surface area contributed by atoms with Gasteiger partial charge in [0.2, 0.25) is 0 Å². The molecule has 1 rings (SSSR count). The van der Waals surface area contributed by atoms with Crippen LogP contribution >= 0.6 is 0 Å². The summed E-state index contributed by atoms with van der Waals surface area (Å²) in [5.74, 6) is 0. The van der Waals surface area contributed by atoms with Crippen LogP contribution in [-0.2, 0) is 10.0 Å². The van der Waals surface area contributed by atoms with E-state index in [0.717, 1.165) is 38.8 Å². The summed E-state index contributed by atoms with van der Waals surface area (Å²) in [7, 11) is -3.46. The lowest BCUT2D eigenvalue weighted by molar-refractivity contribution is 0.233. The van der Waals surface area contributed by atoms with Gasteiger partial charge >= 0.3 is 0 Å². The Morgan fingerprint density at radius 3 is 2.11 bits per heavy atom. The van der Waals surface area contributed by atoms with Crippen molar-refractivity contribution >= 4 is 10.0 Å². The van der Waals surface area contributed by atoms with E-state index in [1.165, 1.54) is 0 Å². The van der Waals surface area contributed by atoms with Crippen molar-refractivity contribution in [1.82, 2.24) is 9.84 Å². The van der Waals surface area contributed by atoms with Crippen molar-refractivity contribution in [3.63, 3.8) is 0 Å². The first-order valence-electron chi connectivity index (χ1n) is 6.83. The molecule has 0 spiro atoms. The smallest absolute Gasteiger partial charge is 0.230 e. The van der Waals surface area contributed by atoms with E-state index < -0.39 is 10.0 Å². The maximum absolute atomic E-state index is 12.2. The second-order valence-electron chi connectivity index (χ2n) is 4.52. The molecule has 4 nitrogen and oxygen atoms in total. The van der Waals surface area contributed by atoms with E-state index in [-0.39, 0.29) is 4.90 Å². The summed E-state index contributed by atoms with van der Waals surface area (Å²) in [5, 5.41) is 1.80. The second-order valence-corrected chi connectivity index (χ2v) is 6.19. The van der Waals surface area contributed by atoms with Gasteiger partial charge in [0.15, 0.2) is 0 Å². The molecule has 19 heavy (non-hydrogen) atoms. The van der Waals surface area contributed by atoms with Crippen LogP contribution in [0.1, 0.15) is 39.5 Å². The van der Waals surface area contributed by atoms with Crippen molar-refractivity contribution in [2.24, 2.45) is 0 Å². The highest BCUT2D eigenvalue weighted by atomic mass is 32.2. The summed E-state index contributed by atoms with van der Waals surface area (Å²) < 4.78 is 24.4. The third-order valence-electron chi connectivity index (χ3n) is 2.81. The van der Waals surface area contributed by atoms with E-state index >= 15 is 0 Å². The third kappa shape index (κ3) is 5.72. The standard InChI is InChI=1S/C14H23N2O2S/c1-3-5-12-16(13-6-4-2)15-19(17,18)14-10-8-7-9-11-14/h8-11,15H,3-6,12-13H2,1-2H3. The van der Waals surface area contributed by atoms with Crippen LogP contribution in [0.15, 0.2) is 29.2 Å². The summed E-state index contributed by atoms with van der Waals surface area (Å²) in [6, 6.07) is 9.15. The fourth-order valence-corrected chi connectivity index (χ4v) is 2.80. The van der Waals surface area contributed by atoms with Gasteiger partial charge in [-0.3, -0.25) is 0 Å². The van der Waals surface area contributed by atoms with Crippen LogP contribution in [0.4, 0.5) is 0 Å².